The van der Waals surface area contributed by atoms with Gasteiger partial charge in [-0.3, -0.25) is 4.57 Å². The number of aryl methyl sites for hydroxylation is 1. The highest BCUT2D eigenvalue weighted by atomic mass is 16.5. The summed E-state index contributed by atoms with van der Waals surface area (Å²) in [6.45, 7) is 18.2. The summed E-state index contributed by atoms with van der Waals surface area (Å²) in [6, 6.07) is 62.5. The summed E-state index contributed by atoms with van der Waals surface area (Å²) in [5.74, 6) is 2.31. The van der Waals surface area contributed by atoms with Crippen LogP contribution in [0, 0.1) is 6.85 Å². The average molecular weight is 942 g/mol. The first kappa shape index (κ1) is 41.9. The second-order valence-corrected chi connectivity index (χ2v) is 22.8. The molecule has 8 aromatic carbocycles. The van der Waals surface area contributed by atoms with Gasteiger partial charge in [0.15, 0.2) is 0 Å². The summed E-state index contributed by atoms with van der Waals surface area (Å²) in [7, 11) is 0. The molecule has 0 aliphatic carbocycles. The van der Waals surface area contributed by atoms with Crippen molar-refractivity contribution >= 4 is 76.5 Å². The Morgan fingerprint density at radius 2 is 1.08 bits per heavy atom. The van der Waals surface area contributed by atoms with Gasteiger partial charge in [-0.25, -0.2) is 4.98 Å². The number of para-hydroxylation sites is 2. The highest BCUT2D eigenvalue weighted by Crippen LogP contribution is 2.47. The van der Waals surface area contributed by atoms with Gasteiger partial charge in [0.25, 0.3) is 0 Å². The number of benzene rings is 8. The summed E-state index contributed by atoms with van der Waals surface area (Å²) >= 11 is 0. The molecule has 0 radical (unpaired) electrons. The first-order chi connectivity index (χ1) is 35.7. The minimum absolute atomic E-state index is 0.0426. The molecule has 11 aromatic rings. The Hall–Kier alpha value is -7.89. The molecule has 5 nitrogen and oxygen atoms in total. The maximum atomic E-state index is 8.68. The molecule has 72 heavy (non-hydrogen) atoms. The molecule has 0 N–H and O–H groups in total. The first-order valence-corrected chi connectivity index (χ1v) is 25.2. The number of fused-ring (bicyclic) bond motifs is 10. The molecule has 0 unspecified atom stereocenters. The number of hydrogen-bond donors (Lipinski definition) is 0. The van der Waals surface area contributed by atoms with Crippen LogP contribution in [0.15, 0.2) is 182 Å². The van der Waals surface area contributed by atoms with Crippen molar-refractivity contribution < 1.29 is 8.85 Å². The van der Waals surface area contributed by atoms with Gasteiger partial charge in [0, 0.05) is 55.2 Å². The van der Waals surface area contributed by atoms with Crippen LogP contribution in [0.5, 0.6) is 11.5 Å². The molecular formula is C67H62N4O. The molecule has 0 atom stereocenters. The topological polar surface area (TPSA) is 35.2 Å². The second kappa shape index (κ2) is 16.6. The highest BCUT2D eigenvalue weighted by Gasteiger charge is 2.29. The Kier molecular flexibility index (Phi) is 9.65. The molecule has 1 aliphatic rings. The third-order valence-corrected chi connectivity index (χ3v) is 14.8. The predicted octanol–water partition coefficient (Wildman–Crippen LogP) is 18.5. The molecule has 3 aromatic heterocycles. The minimum atomic E-state index is -2.30. The molecular weight excluding hydrogens is 877 g/mol. The lowest BCUT2D eigenvalue weighted by Crippen LogP contribution is -2.16. The zero-order chi connectivity index (χ0) is 52.3. The molecule has 1 aliphatic heterocycles. The van der Waals surface area contributed by atoms with Crippen LogP contribution < -0.4 is 9.64 Å². The summed E-state index contributed by atoms with van der Waals surface area (Å²) in [4.78, 5) is 7.35. The predicted molar refractivity (Wildman–Crippen MR) is 306 cm³/mol. The molecule has 12 rings (SSSR count). The molecule has 356 valence electrons. The fourth-order valence-electron chi connectivity index (χ4n) is 11.0. The van der Waals surface area contributed by atoms with Gasteiger partial charge in [-0.15, -0.1) is 0 Å². The number of rotatable bonds is 5. The Morgan fingerprint density at radius 1 is 0.472 bits per heavy atom. The van der Waals surface area contributed by atoms with E-state index in [0.717, 1.165) is 105 Å². The van der Waals surface area contributed by atoms with Crippen molar-refractivity contribution in [3.05, 3.63) is 204 Å². The zero-order valence-corrected chi connectivity index (χ0v) is 42.7. The Labute approximate surface area is 427 Å². The highest BCUT2D eigenvalue weighted by molar-refractivity contribution is 6.22. The number of ether oxygens (including phenoxy) is 1. The molecule has 0 amide bonds. The van der Waals surface area contributed by atoms with E-state index in [9.17, 15) is 0 Å². The van der Waals surface area contributed by atoms with Crippen LogP contribution in [-0.4, -0.2) is 14.1 Å². The van der Waals surface area contributed by atoms with Crippen molar-refractivity contribution in [3.63, 3.8) is 0 Å². The molecule has 4 heterocycles. The Bertz CT molecular complexity index is 4160. The second-order valence-electron chi connectivity index (χ2n) is 22.8. The summed E-state index contributed by atoms with van der Waals surface area (Å²) < 4.78 is 37.7. The summed E-state index contributed by atoms with van der Waals surface area (Å²) in [5.41, 5.74) is 11.3. The van der Waals surface area contributed by atoms with Gasteiger partial charge in [-0.1, -0.05) is 177 Å². The van der Waals surface area contributed by atoms with Crippen molar-refractivity contribution in [2.45, 2.75) is 92.1 Å². The number of hydrogen-bond acceptors (Lipinski definition) is 3. The number of anilines is 2. The van der Waals surface area contributed by atoms with E-state index in [1.165, 1.54) is 11.1 Å². The Balaban J connectivity index is 1.10. The third kappa shape index (κ3) is 7.65. The van der Waals surface area contributed by atoms with Gasteiger partial charge >= 0.3 is 0 Å². The minimum Gasteiger partial charge on any atom is -0.457 e. The number of nitrogens with zero attached hydrogens (tertiary/aromatic N) is 4. The molecule has 0 fully saturated rings. The van der Waals surface area contributed by atoms with Gasteiger partial charge in [0.2, 0.25) is 0 Å². The summed E-state index contributed by atoms with van der Waals surface area (Å²) in [5, 5.41) is 9.05. The SMILES string of the molecule is [2H]C([2H])([2H])c1cc(-c2cccc3c4ccccc4c4ccccc4c4cc(C(C)(C)C)cc5c4n(c23)CN5c2cccc(Oc3ccc4c5ccccc5n(-c5cc(C(C)(C)C)ccn5)c4c3)c2)cc(C(C)(C)C)c1. The smallest absolute Gasteiger partial charge is 0.137 e. The van der Waals surface area contributed by atoms with E-state index in [1.807, 2.05) is 24.4 Å². The Morgan fingerprint density at radius 3 is 1.79 bits per heavy atom. The average Bonchev–Trinajstić information content (AvgIpc) is 3.96. The number of aromatic nitrogens is 3. The van der Waals surface area contributed by atoms with Gasteiger partial charge in [-0.05, 0) is 121 Å². The van der Waals surface area contributed by atoms with E-state index < -0.39 is 6.85 Å². The maximum Gasteiger partial charge on any atom is 0.137 e. The summed E-state index contributed by atoms with van der Waals surface area (Å²) in [6.07, 6.45) is 1.91. The van der Waals surface area contributed by atoms with Crippen LogP contribution in [0.2, 0.25) is 0 Å². The van der Waals surface area contributed by atoms with Crippen LogP contribution in [-0.2, 0) is 22.9 Å². The lowest BCUT2D eigenvalue weighted by molar-refractivity contribution is 0.483. The molecule has 0 saturated carbocycles. The van der Waals surface area contributed by atoms with Crippen molar-refractivity contribution in [2.75, 3.05) is 4.90 Å². The quantitative estimate of drug-likeness (QED) is 0.172. The normalized spacial score (nSPS) is 13.8. The zero-order valence-electron chi connectivity index (χ0n) is 45.7. The number of pyridine rings is 1. The lowest BCUT2D eigenvalue weighted by atomic mass is 9.84. The van der Waals surface area contributed by atoms with Crippen LogP contribution in [0.1, 0.15) is 88.7 Å². The maximum absolute atomic E-state index is 8.68. The van der Waals surface area contributed by atoms with Crippen molar-refractivity contribution in [3.8, 4) is 28.4 Å². The van der Waals surface area contributed by atoms with Crippen LogP contribution >= 0.6 is 0 Å². The van der Waals surface area contributed by atoms with E-state index in [1.54, 1.807) is 0 Å². The van der Waals surface area contributed by atoms with E-state index in [-0.39, 0.29) is 16.2 Å². The van der Waals surface area contributed by atoms with Crippen LogP contribution in [0.3, 0.4) is 0 Å². The fourth-order valence-corrected chi connectivity index (χ4v) is 11.0. The largest absolute Gasteiger partial charge is 0.457 e. The fraction of sp³-hybridized carbons (Fsp3) is 0.209. The van der Waals surface area contributed by atoms with Crippen molar-refractivity contribution in [1.29, 1.82) is 0 Å². The molecule has 0 spiro atoms. The molecule has 0 bridgehead atoms. The van der Waals surface area contributed by atoms with E-state index in [4.69, 9.17) is 13.8 Å². The lowest BCUT2D eigenvalue weighted by Gasteiger charge is -2.24. The van der Waals surface area contributed by atoms with E-state index in [0.29, 0.717) is 18.0 Å². The molecule has 0 saturated heterocycles. The monoisotopic (exact) mass is 942 g/mol. The van der Waals surface area contributed by atoms with Crippen LogP contribution in [0.25, 0.3) is 82.1 Å². The first-order valence-electron chi connectivity index (χ1n) is 26.7. The van der Waals surface area contributed by atoms with Gasteiger partial charge in [0.05, 0.1) is 27.8 Å². The van der Waals surface area contributed by atoms with Crippen molar-refractivity contribution in [1.82, 2.24) is 14.1 Å². The third-order valence-electron chi connectivity index (χ3n) is 14.8. The van der Waals surface area contributed by atoms with E-state index in [2.05, 4.69) is 234 Å². The van der Waals surface area contributed by atoms with Crippen molar-refractivity contribution in [2.24, 2.45) is 0 Å². The van der Waals surface area contributed by atoms with Gasteiger partial charge < -0.3 is 14.2 Å². The van der Waals surface area contributed by atoms with E-state index >= 15 is 0 Å². The molecule has 5 heteroatoms. The van der Waals surface area contributed by atoms with Gasteiger partial charge in [0.1, 0.15) is 24.0 Å². The standard InChI is InChI=1S/C67H62N4O/c1-42-33-43(35-45(34-42)66(5,6)7)50-26-18-27-57-53-23-13-11-21-51(53)52-22-12-14-24-54(52)58-36-46(67(8,9)10)37-61-64(58)70(63(50)57)41-69(61)47-19-17-20-48(39-47)72-49-29-30-56-55-25-15-16-28-59(55)71(60(56)40-49)62-38-44(31-32-68-62)65(2,3)4/h11-40H,41H2,1-10H3/i1D3. The van der Waals surface area contributed by atoms with Crippen LogP contribution in [0.4, 0.5) is 11.4 Å². The van der Waals surface area contributed by atoms with Gasteiger partial charge in [-0.2, -0.15) is 0 Å².